The second-order valence-corrected chi connectivity index (χ2v) is 7.18. The first kappa shape index (κ1) is 19.2. The van der Waals surface area contributed by atoms with Crippen LogP contribution in [0.25, 0.3) is 11.5 Å². The molecule has 0 spiro atoms. The smallest absolute Gasteiger partial charge is 0.277 e. The zero-order chi connectivity index (χ0) is 19.4. The van der Waals surface area contributed by atoms with Crippen LogP contribution in [-0.4, -0.2) is 28.5 Å². The van der Waals surface area contributed by atoms with Gasteiger partial charge in [-0.2, -0.15) is 0 Å². The summed E-state index contributed by atoms with van der Waals surface area (Å²) in [4.78, 5) is 12.4. The number of hydrogen-bond donors (Lipinski definition) is 1. The van der Waals surface area contributed by atoms with Crippen molar-refractivity contribution in [2.75, 3.05) is 12.4 Å². The average Bonchev–Trinajstić information content (AvgIpc) is 3.11. The van der Waals surface area contributed by atoms with Crippen molar-refractivity contribution in [3.63, 3.8) is 0 Å². The third-order valence-electron chi connectivity index (χ3n) is 3.56. The number of rotatable bonds is 6. The molecule has 3 aromatic rings. The lowest BCUT2D eigenvalue weighted by Crippen LogP contribution is -2.22. The van der Waals surface area contributed by atoms with Crippen LogP contribution in [0.2, 0.25) is 5.02 Å². The monoisotopic (exact) mass is 407 g/mol. The van der Waals surface area contributed by atoms with Gasteiger partial charge in [0.1, 0.15) is 11.6 Å². The minimum absolute atomic E-state index is 0.240. The van der Waals surface area contributed by atoms with E-state index in [1.807, 2.05) is 0 Å². The van der Waals surface area contributed by atoms with Crippen molar-refractivity contribution < 1.29 is 18.3 Å². The van der Waals surface area contributed by atoms with Crippen molar-refractivity contribution in [2.45, 2.75) is 17.4 Å². The van der Waals surface area contributed by atoms with E-state index >= 15 is 0 Å². The van der Waals surface area contributed by atoms with E-state index in [2.05, 4.69) is 15.5 Å². The van der Waals surface area contributed by atoms with Gasteiger partial charge in [-0.05, 0) is 49.4 Å². The van der Waals surface area contributed by atoms with E-state index in [0.717, 1.165) is 11.8 Å². The Bertz CT molecular complexity index is 949. The lowest BCUT2D eigenvalue weighted by Gasteiger charge is -2.11. The Morgan fingerprint density at radius 1 is 1.26 bits per heavy atom. The summed E-state index contributed by atoms with van der Waals surface area (Å²) in [6.45, 7) is 1.72. The molecule has 1 N–H and O–H groups in total. The molecule has 1 amide bonds. The lowest BCUT2D eigenvalue weighted by atomic mass is 10.2. The highest BCUT2D eigenvalue weighted by atomic mass is 35.5. The highest BCUT2D eigenvalue weighted by molar-refractivity contribution is 8.00. The van der Waals surface area contributed by atoms with E-state index in [1.54, 1.807) is 37.3 Å². The molecule has 1 aromatic heterocycles. The topological polar surface area (TPSA) is 77.2 Å². The molecule has 0 aliphatic carbocycles. The number of nitrogens with one attached hydrogen (secondary N) is 1. The van der Waals surface area contributed by atoms with E-state index in [0.29, 0.717) is 22.0 Å². The summed E-state index contributed by atoms with van der Waals surface area (Å²) in [5, 5.41) is 10.8. The van der Waals surface area contributed by atoms with Crippen molar-refractivity contribution in [1.82, 2.24) is 10.2 Å². The van der Waals surface area contributed by atoms with Gasteiger partial charge in [0, 0.05) is 11.3 Å². The van der Waals surface area contributed by atoms with Crippen LogP contribution < -0.4 is 10.1 Å². The fourth-order valence-corrected chi connectivity index (χ4v) is 3.10. The number of carbonyl (C=O) groups is 1. The van der Waals surface area contributed by atoms with Crippen LogP contribution in [-0.2, 0) is 4.79 Å². The maximum absolute atomic E-state index is 13.0. The molecule has 6 nitrogen and oxygen atoms in total. The van der Waals surface area contributed by atoms with Gasteiger partial charge in [0.25, 0.3) is 5.22 Å². The van der Waals surface area contributed by atoms with E-state index in [9.17, 15) is 9.18 Å². The van der Waals surface area contributed by atoms with Crippen LogP contribution >= 0.6 is 23.4 Å². The quantitative estimate of drug-likeness (QED) is 0.599. The number of hydrogen-bond acceptors (Lipinski definition) is 6. The molecule has 27 heavy (non-hydrogen) atoms. The maximum Gasteiger partial charge on any atom is 0.277 e. The number of anilines is 1. The van der Waals surface area contributed by atoms with E-state index in [4.69, 9.17) is 20.8 Å². The third kappa shape index (κ3) is 4.78. The summed E-state index contributed by atoms with van der Waals surface area (Å²) in [6, 6.07) is 10.7. The van der Waals surface area contributed by atoms with Crippen molar-refractivity contribution in [1.29, 1.82) is 0 Å². The molecular formula is C18H15ClFN3O3S. The van der Waals surface area contributed by atoms with Crippen molar-refractivity contribution in [3.8, 4) is 17.2 Å². The molecule has 1 heterocycles. The van der Waals surface area contributed by atoms with Crippen LogP contribution in [0.4, 0.5) is 10.1 Å². The number of halogens is 2. The van der Waals surface area contributed by atoms with Gasteiger partial charge in [-0.1, -0.05) is 23.4 Å². The van der Waals surface area contributed by atoms with Crippen molar-refractivity contribution in [2.24, 2.45) is 0 Å². The Morgan fingerprint density at radius 2 is 2.00 bits per heavy atom. The minimum atomic E-state index is -0.493. The van der Waals surface area contributed by atoms with Gasteiger partial charge >= 0.3 is 0 Å². The zero-order valence-corrected chi connectivity index (χ0v) is 16.0. The molecule has 0 aliphatic heterocycles. The third-order valence-corrected chi connectivity index (χ3v) is 4.79. The summed E-state index contributed by atoms with van der Waals surface area (Å²) in [5.74, 6) is 0.183. The molecule has 0 bridgehead atoms. The van der Waals surface area contributed by atoms with E-state index < -0.39 is 5.25 Å². The molecule has 9 heteroatoms. The van der Waals surface area contributed by atoms with Gasteiger partial charge in [0.15, 0.2) is 0 Å². The van der Waals surface area contributed by atoms with Crippen LogP contribution in [0.1, 0.15) is 6.92 Å². The molecule has 1 atom stereocenters. The first-order valence-electron chi connectivity index (χ1n) is 7.87. The lowest BCUT2D eigenvalue weighted by molar-refractivity contribution is -0.115. The number of amides is 1. The summed E-state index contributed by atoms with van der Waals surface area (Å²) >= 11 is 7.17. The molecule has 0 fully saturated rings. The summed E-state index contributed by atoms with van der Waals surface area (Å²) < 4.78 is 23.6. The first-order valence-corrected chi connectivity index (χ1v) is 9.12. The number of benzene rings is 2. The summed E-state index contributed by atoms with van der Waals surface area (Å²) in [7, 11) is 1.52. The second kappa shape index (κ2) is 8.41. The van der Waals surface area contributed by atoms with Gasteiger partial charge in [0.2, 0.25) is 11.8 Å². The average molecular weight is 408 g/mol. The Kier molecular flexibility index (Phi) is 5.98. The number of nitrogens with zero attached hydrogens (tertiary/aromatic N) is 2. The largest absolute Gasteiger partial charge is 0.495 e. The number of methoxy groups -OCH3 is 1. The van der Waals surface area contributed by atoms with Gasteiger partial charge < -0.3 is 14.5 Å². The molecule has 3 rings (SSSR count). The number of carbonyl (C=O) groups excluding carboxylic acids is 1. The first-order chi connectivity index (χ1) is 13.0. The molecule has 0 aliphatic rings. The van der Waals surface area contributed by atoms with Gasteiger partial charge in [-0.3, -0.25) is 4.79 Å². The summed E-state index contributed by atoms with van der Waals surface area (Å²) in [5.41, 5.74) is 1.15. The van der Waals surface area contributed by atoms with E-state index in [1.165, 1.54) is 19.2 Å². The minimum Gasteiger partial charge on any atom is -0.495 e. The Labute approximate surface area is 164 Å². The molecule has 2 aromatic carbocycles. The Morgan fingerprint density at radius 3 is 2.67 bits per heavy atom. The maximum atomic E-state index is 13.0. The van der Waals surface area contributed by atoms with Crippen LogP contribution in [0.3, 0.4) is 0 Å². The fraction of sp³-hybridized carbons (Fsp3) is 0.167. The number of thioether (sulfide) groups is 1. The second-order valence-electron chi connectivity index (χ2n) is 5.48. The van der Waals surface area contributed by atoms with Gasteiger partial charge in [0.05, 0.1) is 17.4 Å². The SMILES string of the molecule is COc1ccc(NC(=O)[C@H](C)Sc2nnc(-c3ccc(F)cc3)o2)cc1Cl. The van der Waals surface area contributed by atoms with Crippen LogP contribution in [0.15, 0.2) is 52.1 Å². The number of aromatic nitrogens is 2. The molecule has 0 saturated heterocycles. The summed E-state index contributed by atoms with van der Waals surface area (Å²) in [6.07, 6.45) is 0. The van der Waals surface area contributed by atoms with Gasteiger partial charge in [-0.15, -0.1) is 10.2 Å². The Hall–Kier alpha value is -2.58. The molecule has 0 saturated carbocycles. The van der Waals surface area contributed by atoms with Crippen molar-refractivity contribution in [3.05, 3.63) is 53.3 Å². The molecule has 140 valence electrons. The molecule has 0 unspecified atom stereocenters. The Balaban J connectivity index is 1.63. The standard InChI is InChI=1S/C18H15ClFN3O3S/c1-10(16(24)21-13-7-8-15(25-2)14(19)9-13)27-18-23-22-17(26-18)11-3-5-12(20)6-4-11/h3-10H,1-2H3,(H,21,24)/t10-/m0/s1. The van der Waals surface area contributed by atoms with E-state index in [-0.39, 0.29) is 22.8 Å². The fourth-order valence-electron chi connectivity index (χ4n) is 2.16. The highest BCUT2D eigenvalue weighted by Crippen LogP contribution is 2.29. The predicted molar refractivity (Wildman–Crippen MR) is 102 cm³/mol. The highest BCUT2D eigenvalue weighted by Gasteiger charge is 2.19. The van der Waals surface area contributed by atoms with Gasteiger partial charge in [-0.25, -0.2) is 4.39 Å². The number of ether oxygens (including phenoxy) is 1. The van der Waals surface area contributed by atoms with Crippen molar-refractivity contribution >= 4 is 35.0 Å². The zero-order valence-electron chi connectivity index (χ0n) is 14.4. The molecule has 0 radical (unpaired) electrons. The van der Waals surface area contributed by atoms with Crippen LogP contribution in [0.5, 0.6) is 5.75 Å². The predicted octanol–water partition coefficient (Wildman–Crippen LogP) is 4.66. The normalized spacial score (nSPS) is 11.9. The van der Waals surface area contributed by atoms with Crippen LogP contribution in [0, 0.1) is 5.82 Å². The molecular weight excluding hydrogens is 393 g/mol.